The Kier molecular flexibility index (Phi) is 4.01. The number of amides is 1. The molecule has 0 aliphatic carbocycles. The van der Waals surface area contributed by atoms with Gasteiger partial charge in [0.1, 0.15) is 0 Å². The van der Waals surface area contributed by atoms with Crippen molar-refractivity contribution in [2.75, 3.05) is 5.75 Å². The number of hydrogen-bond acceptors (Lipinski definition) is 5. The second kappa shape index (κ2) is 6.09. The van der Waals surface area contributed by atoms with Crippen molar-refractivity contribution in [2.45, 2.75) is 24.2 Å². The van der Waals surface area contributed by atoms with Gasteiger partial charge in [0, 0.05) is 43.4 Å². The molecule has 0 aromatic carbocycles. The van der Waals surface area contributed by atoms with E-state index in [1.807, 2.05) is 12.1 Å². The lowest BCUT2D eigenvalue weighted by Gasteiger charge is -2.12. The fraction of sp³-hybridized carbons (Fsp3) is 0.286. The molecule has 1 aliphatic heterocycles. The molecule has 0 spiro atoms. The number of nitrogens with one attached hydrogen (secondary N) is 1. The topological polar surface area (TPSA) is 76.9 Å². The monoisotopic (exact) mass is 302 g/mol. The summed E-state index contributed by atoms with van der Waals surface area (Å²) in [4.78, 5) is 32.0. The van der Waals surface area contributed by atoms with Crippen LogP contribution in [0.4, 0.5) is 0 Å². The van der Waals surface area contributed by atoms with Crippen LogP contribution in [-0.4, -0.2) is 26.2 Å². The van der Waals surface area contributed by atoms with Gasteiger partial charge in [0.25, 0.3) is 5.56 Å². The Balaban J connectivity index is 1.61. The molecular formula is C14H14N4O2S. The van der Waals surface area contributed by atoms with E-state index < -0.39 is 0 Å². The summed E-state index contributed by atoms with van der Waals surface area (Å²) >= 11 is 1.51. The van der Waals surface area contributed by atoms with Crippen molar-refractivity contribution in [1.82, 2.24) is 19.9 Å². The van der Waals surface area contributed by atoms with Crippen LogP contribution >= 0.6 is 11.8 Å². The number of hydrogen-bond donors (Lipinski definition) is 1. The van der Waals surface area contributed by atoms with Gasteiger partial charge in [0.2, 0.25) is 5.91 Å². The number of nitrogens with zero attached hydrogens (tertiary/aromatic N) is 3. The summed E-state index contributed by atoms with van der Waals surface area (Å²) in [7, 11) is 0. The zero-order valence-electron chi connectivity index (χ0n) is 11.2. The quantitative estimate of drug-likeness (QED) is 0.852. The first-order valence-corrected chi connectivity index (χ1v) is 7.58. The highest BCUT2D eigenvalue weighted by molar-refractivity contribution is 7.99. The van der Waals surface area contributed by atoms with E-state index in [0.29, 0.717) is 17.5 Å². The van der Waals surface area contributed by atoms with Gasteiger partial charge in [-0.2, -0.15) is 0 Å². The number of aromatic nitrogens is 3. The Morgan fingerprint density at radius 2 is 2.14 bits per heavy atom. The van der Waals surface area contributed by atoms with Crippen molar-refractivity contribution in [2.24, 2.45) is 0 Å². The lowest BCUT2D eigenvalue weighted by molar-refractivity contribution is -0.121. The molecule has 0 saturated carbocycles. The van der Waals surface area contributed by atoms with Crippen molar-refractivity contribution in [3.8, 4) is 0 Å². The normalized spacial score (nSPS) is 16.5. The lowest BCUT2D eigenvalue weighted by atomic mass is 10.2. The molecule has 1 amide bonds. The molecular weight excluding hydrogens is 288 g/mol. The van der Waals surface area contributed by atoms with Crippen molar-refractivity contribution in [1.29, 1.82) is 0 Å². The Morgan fingerprint density at radius 1 is 1.33 bits per heavy atom. The summed E-state index contributed by atoms with van der Waals surface area (Å²) in [6.45, 7) is 0.468. The summed E-state index contributed by atoms with van der Waals surface area (Å²) in [5, 5.41) is 3.55. The van der Waals surface area contributed by atoms with Crippen LogP contribution in [-0.2, 0) is 11.3 Å². The predicted octanol–water partition coefficient (Wildman–Crippen LogP) is 0.992. The van der Waals surface area contributed by atoms with Gasteiger partial charge >= 0.3 is 0 Å². The van der Waals surface area contributed by atoms with Gasteiger partial charge < -0.3 is 5.32 Å². The molecule has 0 radical (unpaired) electrons. The van der Waals surface area contributed by atoms with Crippen LogP contribution in [0.5, 0.6) is 0 Å². The van der Waals surface area contributed by atoms with E-state index in [1.165, 1.54) is 24.0 Å². The maximum Gasteiger partial charge on any atom is 0.254 e. The van der Waals surface area contributed by atoms with Crippen molar-refractivity contribution in [3.05, 3.63) is 52.7 Å². The molecule has 0 saturated heterocycles. The van der Waals surface area contributed by atoms with Crippen LogP contribution in [0.2, 0.25) is 0 Å². The van der Waals surface area contributed by atoms with Gasteiger partial charge in [0.05, 0.1) is 6.04 Å². The van der Waals surface area contributed by atoms with E-state index >= 15 is 0 Å². The van der Waals surface area contributed by atoms with E-state index in [2.05, 4.69) is 15.3 Å². The minimum absolute atomic E-state index is 0.0685. The molecule has 2 aromatic heterocycles. The zero-order chi connectivity index (χ0) is 14.7. The molecule has 0 fully saturated rings. The molecule has 1 atom stereocenters. The summed E-state index contributed by atoms with van der Waals surface area (Å²) in [5.41, 5.74) is 0.898. The average Bonchev–Trinajstić information content (AvgIpc) is 2.91. The molecule has 0 bridgehead atoms. The third kappa shape index (κ3) is 3.13. The van der Waals surface area contributed by atoms with Gasteiger partial charge in [0.15, 0.2) is 5.16 Å². The fourth-order valence-electron chi connectivity index (χ4n) is 2.23. The van der Waals surface area contributed by atoms with Gasteiger partial charge in [-0.25, -0.2) is 4.98 Å². The largest absolute Gasteiger partial charge is 0.352 e. The van der Waals surface area contributed by atoms with Crippen LogP contribution in [0.1, 0.15) is 18.0 Å². The Labute approximate surface area is 125 Å². The molecule has 2 aromatic rings. The average molecular weight is 302 g/mol. The first kappa shape index (κ1) is 13.8. The molecule has 21 heavy (non-hydrogen) atoms. The van der Waals surface area contributed by atoms with Crippen molar-refractivity contribution in [3.63, 3.8) is 0 Å². The summed E-state index contributed by atoms with van der Waals surface area (Å²) in [6.07, 6.45) is 5.18. The van der Waals surface area contributed by atoms with E-state index in [9.17, 15) is 9.59 Å². The summed E-state index contributed by atoms with van der Waals surface area (Å²) in [6, 6.07) is 5.02. The number of carbonyl (C=O) groups is 1. The highest BCUT2D eigenvalue weighted by Gasteiger charge is 2.26. The number of pyridine rings is 1. The molecule has 6 nitrogen and oxygen atoms in total. The zero-order valence-corrected chi connectivity index (χ0v) is 12.0. The maximum atomic E-state index is 12.0. The molecule has 0 unspecified atom stereocenters. The second-order valence-electron chi connectivity index (χ2n) is 4.74. The van der Waals surface area contributed by atoms with Crippen molar-refractivity contribution >= 4 is 17.7 Å². The van der Waals surface area contributed by atoms with Gasteiger partial charge in [-0.1, -0.05) is 11.8 Å². The summed E-state index contributed by atoms with van der Waals surface area (Å²) < 4.78 is 1.61. The van der Waals surface area contributed by atoms with Crippen LogP contribution in [0.3, 0.4) is 0 Å². The van der Waals surface area contributed by atoms with Gasteiger partial charge in [-0.15, -0.1) is 0 Å². The van der Waals surface area contributed by atoms with Crippen LogP contribution in [0.15, 0.2) is 46.7 Å². The molecule has 1 N–H and O–H groups in total. The molecule has 7 heteroatoms. The van der Waals surface area contributed by atoms with Crippen LogP contribution < -0.4 is 10.9 Å². The molecule has 3 heterocycles. The minimum atomic E-state index is -0.122. The predicted molar refractivity (Wildman–Crippen MR) is 79.0 cm³/mol. The number of thioether (sulfide) groups is 1. The van der Waals surface area contributed by atoms with E-state index in [1.54, 1.807) is 17.0 Å². The lowest BCUT2D eigenvalue weighted by Crippen LogP contribution is -2.30. The van der Waals surface area contributed by atoms with E-state index in [4.69, 9.17) is 0 Å². The Hall–Kier alpha value is -2.15. The number of fused-ring (bicyclic) bond motifs is 1. The highest BCUT2D eigenvalue weighted by atomic mass is 32.2. The van der Waals surface area contributed by atoms with Crippen LogP contribution in [0.25, 0.3) is 0 Å². The smallest absolute Gasteiger partial charge is 0.254 e. The number of carbonyl (C=O) groups excluding carboxylic acids is 1. The van der Waals surface area contributed by atoms with Crippen molar-refractivity contribution < 1.29 is 4.79 Å². The highest BCUT2D eigenvalue weighted by Crippen LogP contribution is 2.31. The first-order chi connectivity index (χ1) is 10.2. The summed E-state index contributed by atoms with van der Waals surface area (Å²) in [5.74, 6) is 0.635. The van der Waals surface area contributed by atoms with Gasteiger partial charge in [-0.05, 0) is 17.7 Å². The number of rotatable bonds is 4. The second-order valence-corrected chi connectivity index (χ2v) is 5.72. The van der Waals surface area contributed by atoms with E-state index in [0.717, 1.165) is 5.56 Å². The third-order valence-electron chi connectivity index (χ3n) is 3.28. The minimum Gasteiger partial charge on any atom is -0.352 e. The fourth-order valence-corrected chi connectivity index (χ4v) is 3.35. The Morgan fingerprint density at radius 3 is 2.95 bits per heavy atom. The molecule has 108 valence electrons. The molecule has 1 aliphatic rings. The van der Waals surface area contributed by atoms with Gasteiger partial charge in [-0.3, -0.25) is 19.1 Å². The standard InChI is InChI=1S/C14H14N4O2S/c19-12(17-8-10-1-4-15-5-2-10)7-11-9-21-14-16-6-3-13(20)18(11)14/h1-6,11H,7-9H2,(H,17,19)/t11-/m1/s1. The SMILES string of the molecule is O=C(C[C@@H]1CSc2nccc(=O)n21)NCc1ccncc1. The van der Waals surface area contributed by atoms with Crippen LogP contribution in [0, 0.1) is 0 Å². The first-order valence-electron chi connectivity index (χ1n) is 6.60. The van der Waals surface area contributed by atoms with E-state index in [-0.39, 0.29) is 23.9 Å². The Bertz CT molecular complexity index is 702. The maximum absolute atomic E-state index is 12.0. The molecule has 3 rings (SSSR count). The third-order valence-corrected chi connectivity index (χ3v) is 4.39.